The highest BCUT2D eigenvalue weighted by molar-refractivity contribution is 6.69. The van der Waals surface area contributed by atoms with Gasteiger partial charge < -0.3 is 85.6 Å². The van der Waals surface area contributed by atoms with Gasteiger partial charge in [-0.25, -0.2) is 43.8 Å². The maximum atomic E-state index is 11.9. The molecule has 0 bridgehead atoms. The fraction of sp³-hybridized carbons (Fsp3) is 0.204. The number of carbonyl (C=O) groups is 1. The number of benzene rings is 10. The van der Waals surface area contributed by atoms with Crippen LogP contribution in [-0.2, 0) is 85.5 Å². The molecule has 35 heteroatoms. The molecule has 6 aliphatic rings. The minimum atomic E-state index is -0.834. The first-order chi connectivity index (χ1) is 66.5. The highest BCUT2D eigenvalue weighted by Crippen LogP contribution is 2.40. The summed E-state index contributed by atoms with van der Waals surface area (Å²) in [5.41, 5.74) is 19.0. The van der Waals surface area contributed by atoms with Gasteiger partial charge >= 0.3 is 47.7 Å². The van der Waals surface area contributed by atoms with E-state index in [2.05, 4.69) is 56.9 Å². The Morgan fingerprint density at radius 1 is 0.406 bits per heavy atom. The van der Waals surface area contributed by atoms with Crippen molar-refractivity contribution in [1.29, 1.82) is 0 Å². The molecule has 0 unspecified atom stereocenters. The number of nitrogens with zero attached hydrogens (tertiary/aromatic N) is 10. The number of esters is 1. The van der Waals surface area contributed by atoms with Gasteiger partial charge in [0.1, 0.15) is 59.2 Å². The Kier molecular flexibility index (Phi) is 34.7. The van der Waals surface area contributed by atoms with Gasteiger partial charge in [-0.3, -0.25) is 4.98 Å². The van der Waals surface area contributed by atoms with E-state index >= 15 is 0 Å². The van der Waals surface area contributed by atoms with Crippen LogP contribution in [0.15, 0.2) is 231 Å². The molecular formula is C103H93B6ClN10O18. The molecule has 0 radical (unpaired) electrons. The molecule has 2 N–H and O–H groups in total. The maximum absolute atomic E-state index is 11.9. The summed E-state index contributed by atoms with van der Waals surface area (Å²) in [6, 6.07) is 68.1. The molecule has 138 heavy (non-hydrogen) atoms. The molecule has 19 rings (SSSR count). The van der Waals surface area contributed by atoms with E-state index in [0.29, 0.717) is 145 Å². The number of carbonyl (C=O) groups excluding carboxylic acids is 1. The highest BCUT2D eigenvalue weighted by atomic mass is 35.5. The van der Waals surface area contributed by atoms with E-state index in [1.165, 1.54) is 33.5 Å². The van der Waals surface area contributed by atoms with Crippen molar-refractivity contribution < 1.29 is 85.5 Å². The number of halogens is 1. The molecular weight excluding hydrogens is 1770 g/mol. The Balaban J connectivity index is 0.000000140. The third-order valence-corrected chi connectivity index (χ3v) is 22.6. The molecule has 28 nitrogen and oxygen atoms in total. The molecule has 10 aromatic carbocycles. The van der Waals surface area contributed by atoms with Crippen molar-refractivity contribution in [3.63, 3.8) is 0 Å². The van der Waals surface area contributed by atoms with Crippen molar-refractivity contribution >= 4 is 127 Å². The average molecular weight is 1860 g/mol. The zero-order valence-electron chi connectivity index (χ0n) is 77.5. The van der Waals surface area contributed by atoms with Gasteiger partial charge in [0, 0.05) is 12.7 Å². The number of likely N-dealkylation sites (N-methyl/N-ethyl adjacent to an activating group) is 1. The van der Waals surface area contributed by atoms with Gasteiger partial charge in [-0.15, -0.1) is 12.4 Å². The van der Waals surface area contributed by atoms with Crippen LogP contribution in [0.25, 0.3) is 29.1 Å². The topological polar surface area (TPSA) is 264 Å². The van der Waals surface area contributed by atoms with Gasteiger partial charge in [-0.05, 0) is 270 Å². The van der Waals surface area contributed by atoms with Crippen LogP contribution in [0.3, 0.4) is 0 Å². The van der Waals surface area contributed by atoms with Crippen LogP contribution in [-0.4, -0.2) is 112 Å². The Bertz CT molecular complexity index is 6750. The third-order valence-electron chi connectivity index (χ3n) is 22.6. The third kappa shape index (κ3) is 25.9. The molecule has 0 saturated carbocycles. The van der Waals surface area contributed by atoms with Crippen LogP contribution in [0.5, 0.6) is 80.8 Å². The monoisotopic (exact) mass is 1860 g/mol. The predicted molar refractivity (Wildman–Crippen MR) is 535 cm³/mol. The van der Waals surface area contributed by atoms with Crippen LogP contribution in [0.4, 0.5) is 34.1 Å². The lowest BCUT2D eigenvalue weighted by atomic mass is 9.64. The fourth-order valence-corrected chi connectivity index (χ4v) is 15.2. The summed E-state index contributed by atoms with van der Waals surface area (Å²) >= 11 is 0. The molecule has 688 valence electrons. The van der Waals surface area contributed by atoms with Crippen LogP contribution in [0.1, 0.15) is 73.3 Å². The second kappa shape index (κ2) is 47.8. The standard InChI is InChI=1S/C21H17BN2O3.C19H21BN2O3.C17H15BN2O4.C16H14BNO2.C15H13BN2O3.C15H12BNO3.ClH/c1-22-19-8-7-18(11-15(19)13-26-22)27-20-9-6-16(23-2)12-21(20)25-14-17-5-3-4-10-24-17;1-20-17-7-6-16(11-14(17)13-24-20)25-18-8-5-15(21-2)12-19(18)23-10-9-22(3)4;1-4-22-17(21)16-14(19-3)7-8-15(20-16)24-12-5-6-13-11(9-12)10-23-18(13)2;1-11-8-13(5-7-16(11)18-3)20-14-4-6-15-12(9-14)10-19-17(15)2;1-16-12-4-3-11(7-10(12)9-20-16)21-15-6-5-13(17-2)14(8-19)18-15;1-10-7-12(4-6-15(10)17-2)20-13-3-5-14-11(8-13)9-19-16(14)18;/h3-12H,13-14H2,1H3;5-8,11-12H,9-10,13H2,1,3-4H3;5-9H,4,10H2,1-2H3;4-9H,10H2,1-2H3;3-7,19H,8-9H2,1H3;3-8,18H,9H2,1H3;1H. The number of fused-ring (bicyclic) bond motifs is 6. The van der Waals surface area contributed by atoms with E-state index < -0.39 is 13.1 Å². The van der Waals surface area contributed by atoms with E-state index in [1.54, 1.807) is 92.0 Å². The van der Waals surface area contributed by atoms with Crippen molar-refractivity contribution in [3.8, 4) is 80.8 Å². The maximum Gasteiger partial charge on any atom is 0.491 e. The largest absolute Gasteiger partial charge is 0.491 e. The normalized spacial score (nSPS) is 12.6. The first kappa shape index (κ1) is 100. The Labute approximate surface area is 810 Å². The molecule has 0 saturated heterocycles. The molecule has 0 amide bonds. The van der Waals surface area contributed by atoms with Crippen LogP contribution in [0.2, 0.25) is 34.1 Å². The van der Waals surface area contributed by atoms with E-state index in [9.17, 15) is 14.9 Å². The summed E-state index contributed by atoms with van der Waals surface area (Å²) in [6.45, 7) is 63.8. The number of hydrogen-bond acceptors (Lipinski definition) is 22. The van der Waals surface area contributed by atoms with Crippen molar-refractivity contribution in [2.75, 3.05) is 33.9 Å². The summed E-state index contributed by atoms with van der Waals surface area (Å²) in [5.74, 6) is 7.88. The van der Waals surface area contributed by atoms with Crippen LogP contribution < -0.4 is 70.7 Å². The zero-order chi connectivity index (χ0) is 96.6. The quantitative estimate of drug-likeness (QED) is 0.0363. The molecule has 0 fully saturated rings. The number of aliphatic hydroxyl groups is 1. The van der Waals surface area contributed by atoms with Crippen LogP contribution >= 0.6 is 12.4 Å². The molecule has 0 aliphatic carbocycles. The summed E-state index contributed by atoms with van der Waals surface area (Å²) < 4.78 is 85.0. The Hall–Kier alpha value is -15.2. The van der Waals surface area contributed by atoms with Gasteiger partial charge in [-0.2, -0.15) is 0 Å². The highest BCUT2D eigenvalue weighted by Gasteiger charge is 2.31. The molecule has 13 aromatic rings. The predicted octanol–water partition coefficient (Wildman–Crippen LogP) is 19.6. The number of aromatic nitrogens is 3. The average Bonchev–Trinajstić information content (AvgIpc) is 1.65. The number of rotatable bonds is 22. The van der Waals surface area contributed by atoms with E-state index in [0.717, 1.165) is 79.4 Å². The molecule has 6 aliphatic heterocycles. The lowest BCUT2D eigenvalue weighted by Crippen LogP contribution is -2.27. The van der Waals surface area contributed by atoms with Gasteiger partial charge in [-0.1, -0.05) is 101 Å². The van der Waals surface area contributed by atoms with Crippen molar-refractivity contribution in [2.45, 2.75) is 108 Å². The van der Waals surface area contributed by atoms with E-state index in [-0.39, 0.29) is 77.5 Å². The lowest BCUT2D eigenvalue weighted by Gasteiger charge is -2.15. The second-order valence-corrected chi connectivity index (χ2v) is 32.3. The van der Waals surface area contributed by atoms with E-state index in [1.807, 2.05) is 194 Å². The first-order valence-electron chi connectivity index (χ1n) is 44.0. The number of pyridine rings is 3. The number of aliphatic hydroxyl groups excluding tert-OH is 1. The summed E-state index contributed by atoms with van der Waals surface area (Å²) in [6.07, 6.45) is 1.72. The van der Waals surface area contributed by atoms with Gasteiger partial charge in [0.15, 0.2) is 51.4 Å². The molecule has 0 atom stereocenters. The fourth-order valence-electron chi connectivity index (χ4n) is 15.2. The number of ether oxygens (including phenoxy) is 9. The molecule has 3 aromatic heterocycles. The first-order valence-corrected chi connectivity index (χ1v) is 44.0. The van der Waals surface area contributed by atoms with Crippen LogP contribution in [0, 0.1) is 53.3 Å². The Morgan fingerprint density at radius 2 is 0.775 bits per heavy atom. The number of aryl methyl sites for hydroxylation is 2. The smallest absolute Gasteiger partial charge is 0.490 e. The lowest BCUT2D eigenvalue weighted by molar-refractivity contribution is 0.0520. The van der Waals surface area contributed by atoms with Crippen molar-refractivity contribution in [2.24, 2.45) is 0 Å². The van der Waals surface area contributed by atoms with E-state index in [4.69, 9.17) is 110 Å². The van der Waals surface area contributed by atoms with Gasteiger partial charge in [0.25, 0.3) is 0 Å². The summed E-state index contributed by atoms with van der Waals surface area (Å²) in [7, 11) is 3.15. The summed E-state index contributed by atoms with van der Waals surface area (Å²) in [5, 5.41) is 18.8. The SMILES string of the molecule is Cl.[C-]#[N+]c1ccc(Oc2ccc3c(c2)COB3C)c(OCCN(C)C)c1.[C-]#[N+]c1ccc(Oc2ccc3c(c2)COB3C)c(OCc2ccccn2)c1.[C-]#[N+]c1ccc(Oc2ccc3c(c2)COB3C)cc1C.[C-]#[N+]c1ccc(Oc2ccc3c(c2)COB3C)nc1C(=O)OCC.[C-]#[N+]c1ccc(Oc2ccc3c(c2)COB3C)nc1CO.[C-]#[N+]c1ccc(Oc2ccc3c(c2)COB3O)cc1C. The zero-order valence-corrected chi connectivity index (χ0v) is 78.3. The van der Waals surface area contributed by atoms with Crippen molar-refractivity contribution in [1.82, 2.24) is 19.9 Å². The van der Waals surface area contributed by atoms with Crippen molar-refractivity contribution in [3.05, 3.63) is 361 Å². The minimum Gasteiger partial charge on any atom is -0.490 e. The van der Waals surface area contributed by atoms with Gasteiger partial charge in [0.2, 0.25) is 23.1 Å². The Morgan fingerprint density at radius 3 is 1.17 bits per heavy atom. The summed E-state index contributed by atoms with van der Waals surface area (Å²) in [4.78, 5) is 46.9. The van der Waals surface area contributed by atoms with Gasteiger partial charge in [0.05, 0.1) is 104 Å². The minimum absolute atomic E-state index is 0. The number of hydrogen-bond donors (Lipinski definition) is 2. The second-order valence-electron chi connectivity index (χ2n) is 32.3. The molecule has 9 heterocycles. The molecule has 0 spiro atoms.